The van der Waals surface area contributed by atoms with Gasteiger partial charge < -0.3 is 11.1 Å². The van der Waals surface area contributed by atoms with E-state index in [4.69, 9.17) is 5.73 Å². The number of hydrogen-bond donors (Lipinski definition) is 2. The van der Waals surface area contributed by atoms with E-state index in [-0.39, 0.29) is 5.82 Å². The lowest BCUT2D eigenvalue weighted by Crippen LogP contribution is -2.19. The first-order chi connectivity index (χ1) is 14.5. The molecule has 0 spiro atoms. The number of fused-ring (bicyclic) bond motifs is 2. The lowest BCUT2D eigenvalue weighted by atomic mass is 9.99. The first-order valence-electron chi connectivity index (χ1n) is 9.46. The summed E-state index contributed by atoms with van der Waals surface area (Å²) in [6.45, 7) is 1.85. The Morgan fingerprint density at radius 3 is 2.83 bits per heavy atom. The van der Waals surface area contributed by atoms with Crippen LogP contribution in [0.25, 0.3) is 21.9 Å². The monoisotopic (exact) mass is 422 g/mol. The van der Waals surface area contributed by atoms with E-state index in [0.717, 1.165) is 23.1 Å². The molecule has 0 amide bonds. The van der Waals surface area contributed by atoms with Crippen LogP contribution in [0.3, 0.4) is 0 Å². The maximum Gasteiger partial charge on any atom is 0.153 e. The summed E-state index contributed by atoms with van der Waals surface area (Å²) in [6.07, 6.45) is 5.54. The van der Waals surface area contributed by atoms with Gasteiger partial charge in [0.2, 0.25) is 0 Å². The highest BCUT2D eigenvalue weighted by Gasteiger charge is 2.17. The standard InChI is InChI=1S/C21H19FN6OS/c1-12-17(9-24-10-19(12)23)16-4-13-6-20(25-8-14(13)5-18(16)22)26-21-7-15-2-3-30(29)11-28(15)27-21/h4-10H,2-3,11,23H2,1H3,(H,25,26,27)/t30-/m1/s1. The van der Waals surface area contributed by atoms with Crippen LogP contribution in [0.1, 0.15) is 11.3 Å². The summed E-state index contributed by atoms with van der Waals surface area (Å²) in [5, 5.41) is 9.18. The number of pyridine rings is 2. The molecule has 9 heteroatoms. The predicted molar refractivity (Wildman–Crippen MR) is 116 cm³/mol. The van der Waals surface area contributed by atoms with Crippen molar-refractivity contribution in [2.24, 2.45) is 0 Å². The zero-order valence-corrected chi connectivity index (χ0v) is 17.0. The number of nitrogens with one attached hydrogen (secondary N) is 1. The molecule has 7 nitrogen and oxygen atoms in total. The second-order valence-electron chi connectivity index (χ2n) is 7.32. The molecule has 5 rings (SSSR count). The van der Waals surface area contributed by atoms with Crippen molar-refractivity contribution in [3.63, 3.8) is 0 Å². The molecule has 0 fully saturated rings. The number of nitrogen functional groups attached to an aromatic ring is 1. The summed E-state index contributed by atoms with van der Waals surface area (Å²) >= 11 is 0. The van der Waals surface area contributed by atoms with Crippen LogP contribution >= 0.6 is 0 Å². The molecular formula is C21H19FN6OS. The van der Waals surface area contributed by atoms with Gasteiger partial charge in [-0.1, -0.05) is 0 Å². The van der Waals surface area contributed by atoms with Gasteiger partial charge in [-0.3, -0.25) is 13.9 Å². The van der Waals surface area contributed by atoms with Crippen molar-refractivity contribution in [3.8, 4) is 11.1 Å². The van der Waals surface area contributed by atoms with Crippen molar-refractivity contribution >= 4 is 38.9 Å². The molecule has 0 saturated carbocycles. The summed E-state index contributed by atoms with van der Waals surface area (Å²) in [5.74, 6) is 1.97. The van der Waals surface area contributed by atoms with Crippen molar-refractivity contribution in [2.75, 3.05) is 16.8 Å². The number of aromatic nitrogens is 4. The smallest absolute Gasteiger partial charge is 0.153 e. The molecule has 0 unspecified atom stereocenters. The average molecular weight is 422 g/mol. The van der Waals surface area contributed by atoms with Crippen LogP contribution in [0.15, 0.2) is 42.9 Å². The largest absolute Gasteiger partial charge is 0.397 e. The molecule has 3 aromatic heterocycles. The molecule has 0 aliphatic carbocycles. The SMILES string of the molecule is Cc1c(N)cncc1-c1cc2cc(Nc3cc4n(n3)C[S@](=O)CC4)ncc2cc1F. The van der Waals surface area contributed by atoms with Crippen molar-refractivity contribution in [1.29, 1.82) is 0 Å². The second-order valence-corrected chi connectivity index (χ2v) is 8.86. The first-order valence-corrected chi connectivity index (χ1v) is 11.0. The Balaban J connectivity index is 1.52. The number of aryl methyl sites for hydroxylation is 1. The Kier molecular flexibility index (Phi) is 4.47. The summed E-state index contributed by atoms with van der Waals surface area (Å²) in [5.41, 5.74) is 9.41. The predicted octanol–water partition coefficient (Wildman–Crippen LogP) is 3.53. The van der Waals surface area contributed by atoms with Gasteiger partial charge in [0.15, 0.2) is 5.82 Å². The maximum atomic E-state index is 14.8. The summed E-state index contributed by atoms with van der Waals surface area (Å²) in [4.78, 5) is 8.48. The van der Waals surface area contributed by atoms with Gasteiger partial charge in [0, 0.05) is 63.6 Å². The molecule has 1 aromatic carbocycles. The number of benzene rings is 1. The number of nitrogens with two attached hydrogens (primary N) is 1. The van der Waals surface area contributed by atoms with E-state index in [0.29, 0.717) is 45.5 Å². The molecular weight excluding hydrogens is 403 g/mol. The average Bonchev–Trinajstić information content (AvgIpc) is 3.11. The van der Waals surface area contributed by atoms with Crippen LogP contribution in [-0.2, 0) is 23.1 Å². The van der Waals surface area contributed by atoms with Gasteiger partial charge >= 0.3 is 0 Å². The molecule has 4 heterocycles. The van der Waals surface area contributed by atoms with Gasteiger partial charge in [0.25, 0.3) is 0 Å². The van der Waals surface area contributed by atoms with Crippen LogP contribution in [0.4, 0.5) is 21.7 Å². The van der Waals surface area contributed by atoms with Gasteiger partial charge in [0.05, 0.1) is 11.9 Å². The molecule has 3 N–H and O–H groups in total. The fourth-order valence-corrected chi connectivity index (χ4v) is 4.70. The lowest BCUT2D eigenvalue weighted by Gasteiger charge is -2.11. The Morgan fingerprint density at radius 2 is 1.97 bits per heavy atom. The third-order valence-corrected chi connectivity index (χ3v) is 6.52. The normalized spacial score (nSPS) is 15.9. The zero-order valence-electron chi connectivity index (χ0n) is 16.2. The van der Waals surface area contributed by atoms with Crippen LogP contribution in [-0.4, -0.2) is 29.7 Å². The first kappa shape index (κ1) is 18.7. The van der Waals surface area contributed by atoms with Crippen molar-refractivity contribution in [2.45, 2.75) is 19.2 Å². The van der Waals surface area contributed by atoms with Gasteiger partial charge in [-0.25, -0.2) is 9.37 Å². The topological polar surface area (TPSA) is 98.7 Å². The molecule has 0 saturated heterocycles. The maximum absolute atomic E-state index is 14.8. The minimum Gasteiger partial charge on any atom is -0.397 e. The van der Waals surface area contributed by atoms with Crippen LogP contribution in [0.2, 0.25) is 0 Å². The minimum absolute atomic E-state index is 0.352. The van der Waals surface area contributed by atoms with Crippen LogP contribution in [0.5, 0.6) is 0 Å². The molecule has 30 heavy (non-hydrogen) atoms. The zero-order chi connectivity index (χ0) is 20.8. The molecule has 1 aliphatic heterocycles. The van der Waals surface area contributed by atoms with Gasteiger partial charge in [-0.2, -0.15) is 5.10 Å². The van der Waals surface area contributed by atoms with E-state index < -0.39 is 10.8 Å². The van der Waals surface area contributed by atoms with E-state index in [2.05, 4.69) is 20.4 Å². The van der Waals surface area contributed by atoms with Gasteiger partial charge in [-0.05, 0) is 36.1 Å². The molecule has 1 aliphatic rings. The van der Waals surface area contributed by atoms with E-state index in [9.17, 15) is 8.60 Å². The molecule has 0 radical (unpaired) electrons. The number of anilines is 3. The summed E-state index contributed by atoms with van der Waals surface area (Å²) < 4.78 is 28.3. The number of nitrogens with zero attached hydrogens (tertiary/aromatic N) is 4. The Bertz CT molecular complexity index is 1320. The highest BCUT2D eigenvalue weighted by atomic mass is 32.2. The molecule has 0 bridgehead atoms. The third kappa shape index (κ3) is 3.30. The van der Waals surface area contributed by atoms with E-state index in [1.807, 2.05) is 19.1 Å². The fourth-order valence-electron chi connectivity index (χ4n) is 3.63. The minimum atomic E-state index is -0.873. The Labute approximate surface area is 174 Å². The summed E-state index contributed by atoms with van der Waals surface area (Å²) in [7, 11) is -0.873. The molecule has 152 valence electrons. The van der Waals surface area contributed by atoms with Crippen LogP contribution < -0.4 is 11.1 Å². The highest BCUT2D eigenvalue weighted by molar-refractivity contribution is 7.84. The number of hydrogen-bond acceptors (Lipinski definition) is 6. The Morgan fingerprint density at radius 1 is 1.10 bits per heavy atom. The second kappa shape index (κ2) is 7.17. The Hall–Kier alpha value is -3.33. The van der Waals surface area contributed by atoms with Gasteiger partial charge in [0.1, 0.15) is 17.5 Å². The van der Waals surface area contributed by atoms with E-state index >= 15 is 0 Å². The molecule has 4 aromatic rings. The van der Waals surface area contributed by atoms with Crippen molar-refractivity contribution in [3.05, 3.63) is 59.9 Å². The van der Waals surface area contributed by atoms with E-state index in [1.54, 1.807) is 29.3 Å². The summed E-state index contributed by atoms with van der Waals surface area (Å²) in [6, 6.07) is 7.04. The highest BCUT2D eigenvalue weighted by Crippen LogP contribution is 2.32. The quantitative estimate of drug-likeness (QED) is 0.524. The molecule has 1 atom stereocenters. The van der Waals surface area contributed by atoms with Crippen LogP contribution in [0, 0.1) is 12.7 Å². The van der Waals surface area contributed by atoms with E-state index in [1.165, 1.54) is 6.07 Å². The fraction of sp³-hybridized carbons (Fsp3) is 0.190. The third-order valence-electron chi connectivity index (χ3n) is 5.32. The van der Waals surface area contributed by atoms with Gasteiger partial charge in [-0.15, -0.1) is 0 Å². The number of halogens is 1. The number of rotatable bonds is 3. The van der Waals surface area contributed by atoms with Crippen molar-refractivity contribution < 1.29 is 8.60 Å². The lowest BCUT2D eigenvalue weighted by molar-refractivity contribution is 0.630. The van der Waals surface area contributed by atoms with Crippen molar-refractivity contribution in [1.82, 2.24) is 19.7 Å².